The molecule has 0 aromatic rings. The number of rotatable bonds is 0. The minimum absolute atomic E-state index is 0.159. The van der Waals surface area contributed by atoms with Crippen molar-refractivity contribution in [3.63, 3.8) is 0 Å². The largest absolute Gasteiger partial charge is 0.320 e. The highest BCUT2D eigenvalue weighted by atomic mass is 16.2. The Morgan fingerprint density at radius 3 is 2.62 bits per heavy atom. The molecule has 1 saturated heterocycles. The molecule has 0 bridgehead atoms. The Morgan fingerprint density at radius 2 is 2.15 bits per heavy atom. The summed E-state index contributed by atoms with van der Waals surface area (Å²) in [5.74, 6) is -1.21. The highest BCUT2D eigenvalue weighted by Crippen LogP contribution is 2.05. The first-order valence-corrected chi connectivity index (χ1v) is 3.85. The molecule has 0 aromatic carbocycles. The quantitative estimate of drug-likeness (QED) is 0.508. The molecule has 0 saturated carbocycles. The molecule has 1 aliphatic rings. The molecule has 1 heterocycles. The van der Waals surface area contributed by atoms with Crippen LogP contribution in [0, 0.1) is 0 Å². The molecule has 5 heteroatoms. The van der Waals surface area contributed by atoms with Gasteiger partial charge in [0.15, 0.2) is 0 Å². The van der Waals surface area contributed by atoms with E-state index in [1.54, 1.807) is 6.92 Å². The lowest BCUT2D eigenvalue weighted by Crippen LogP contribution is -2.51. The number of allylic oxidation sites excluding steroid dienone is 1. The van der Waals surface area contributed by atoms with Gasteiger partial charge in [-0.15, -0.1) is 0 Å². The number of nitrogens with one attached hydrogen (secondary N) is 1. The van der Waals surface area contributed by atoms with Crippen LogP contribution in [0.4, 0.5) is 0 Å². The summed E-state index contributed by atoms with van der Waals surface area (Å²) >= 11 is 0. The first kappa shape index (κ1) is 9.44. The molecule has 1 fully saturated rings. The molecule has 0 atom stereocenters. The summed E-state index contributed by atoms with van der Waals surface area (Å²) in [4.78, 5) is 34.2. The molecule has 0 spiro atoms. The fourth-order valence-corrected chi connectivity index (χ4v) is 1.05. The first-order chi connectivity index (χ1) is 6.06. The van der Waals surface area contributed by atoms with Crippen molar-refractivity contribution >= 4 is 17.7 Å². The average Bonchev–Trinajstić information content (AvgIpc) is 2.08. The van der Waals surface area contributed by atoms with Gasteiger partial charge in [-0.05, 0) is 6.92 Å². The van der Waals surface area contributed by atoms with Gasteiger partial charge in [0, 0.05) is 6.92 Å². The lowest BCUT2D eigenvalue weighted by Gasteiger charge is -2.25. The van der Waals surface area contributed by atoms with Crippen LogP contribution in [0.15, 0.2) is 11.8 Å². The Morgan fingerprint density at radius 1 is 1.54 bits per heavy atom. The Balaban J connectivity index is 2.94. The third-order valence-electron chi connectivity index (χ3n) is 1.72. The predicted molar refractivity (Wildman–Crippen MR) is 44.3 cm³/mol. The number of amides is 3. The molecular formula is C8H10N2O3. The smallest absolute Gasteiger partial charge is 0.277 e. The van der Waals surface area contributed by atoms with Crippen molar-refractivity contribution in [2.24, 2.45) is 0 Å². The van der Waals surface area contributed by atoms with Crippen LogP contribution >= 0.6 is 0 Å². The number of carbonyl (C=O) groups is 3. The van der Waals surface area contributed by atoms with E-state index in [-0.39, 0.29) is 18.1 Å². The Bertz CT molecular complexity index is 307. The number of nitrogens with zero attached hydrogens (tertiary/aromatic N) is 1. The van der Waals surface area contributed by atoms with Crippen LogP contribution in [0.5, 0.6) is 0 Å². The minimum Gasteiger partial charge on any atom is -0.320 e. The second-order valence-electron chi connectivity index (χ2n) is 2.66. The van der Waals surface area contributed by atoms with Crippen molar-refractivity contribution in [2.75, 3.05) is 6.54 Å². The normalized spacial score (nSPS) is 20.5. The van der Waals surface area contributed by atoms with Crippen LogP contribution in [-0.4, -0.2) is 29.2 Å². The summed E-state index contributed by atoms with van der Waals surface area (Å²) in [6, 6.07) is 0. The number of hydrogen-bond donors (Lipinski definition) is 1. The topological polar surface area (TPSA) is 66.5 Å². The van der Waals surface area contributed by atoms with Crippen LogP contribution in [-0.2, 0) is 14.4 Å². The monoisotopic (exact) mass is 182 g/mol. The molecule has 0 unspecified atom stereocenters. The number of carbonyl (C=O) groups excluding carboxylic acids is 3. The van der Waals surface area contributed by atoms with Gasteiger partial charge in [0.1, 0.15) is 12.2 Å². The summed E-state index contributed by atoms with van der Waals surface area (Å²) in [7, 11) is 0. The van der Waals surface area contributed by atoms with Crippen molar-refractivity contribution in [3.8, 4) is 0 Å². The van der Waals surface area contributed by atoms with E-state index in [4.69, 9.17) is 0 Å². The number of piperazine rings is 1. The molecule has 70 valence electrons. The van der Waals surface area contributed by atoms with E-state index in [9.17, 15) is 14.4 Å². The van der Waals surface area contributed by atoms with Gasteiger partial charge in [0.25, 0.3) is 5.91 Å². The van der Waals surface area contributed by atoms with Gasteiger partial charge in [0.05, 0.1) is 0 Å². The summed E-state index contributed by atoms with van der Waals surface area (Å²) in [5, 5.41) is 2.38. The van der Waals surface area contributed by atoms with Crippen LogP contribution < -0.4 is 5.32 Å². The van der Waals surface area contributed by atoms with E-state index in [2.05, 4.69) is 5.32 Å². The van der Waals surface area contributed by atoms with Crippen molar-refractivity contribution < 1.29 is 14.4 Å². The highest BCUT2D eigenvalue weighted by Gasteiger charge is 2.29. The maximum atomic E-state index is 11.4. The zero-order chi connectivity index (χ0) is 10.0. The fourth-order valence-electron chi connectivity index (χ4n) is 1.05. The van der Waals surface area contributed by atoms with Gasteiger partial charge in [-0.3, -0.25) is 19.3 Å². The molecule has 1 N–H and O–H groups in total. The SMILES string of the molecule is C/C=C1\NC(=O)CN(C(C)=O)C1=O. The number of imide groups is 1. The Labute approximate surface area is 75.4 Å². The molecule has 13 heavy (non-hydrogen) atoms. The van der Waals surface area contributed by atoms with Crippen LogP contribution in [0.25, 0.3) is 0 Å². The van der Waals surface area contributed by atoms with E-state index < -0.39 is 11.8 Å². The second kappa shape index (κ2) is 3.38. The first-order valence-electron chi connectivity index (χ1n) is 3.85. The van der Waals surface area contributed by atoms with Crippen LogP contribution in [0.3, 0.4) is 0 Å². The van der Waals surface area contributed by atoms with E-state index >= 15 is 0 Å². The molecule has 0 aliphatic carbocycles. The maximum absolute atomic E-state index is 11.4. The van der Waals surface area contributed by atoms with E-state index in [0.29, 0.717) is 0 Å². The van der Waals surface area contributed by atoms with Gasteiger partial charge in [0.2, 0.25) is 11.8 Å². The van der Waals surface area contributed by atoms with Crippen molar-refractivity contribution in [1.29, 1.82) is 0 Å². The summed E-state index contributed by atoms with van der Waals surface area (Å²) in [6.45, 7) is 2.69. The standard InChI is InChI=1S/C8H10N2O3/c1-3-6-8(13)10(5(2)11)4-7(12)9-6/h3H,4H2,1-2H3,(H,9,12)/b6-3-. The lowest BCUT2D eigenvalue weighted by atomic mass is 10.2. The van der Waals surface area contributed by atoms with E-state index in [0.717, 1.165) is 4.90 Å². The molecule has 0 aromatic heterocycles. The van der Waals surface area contributed by atoms with Gasteiger partial charge in [-0.1, -0.05) is 6.08 Å². The van der Waals surface area contributed by atoms with Gasteiger partial charge in [-0.2, -0.15) is 0 Å². The van der Waals surface area contributed by atoms with E-state index in [1.165, 1.54) is 13.0 Å². The molecule has 3 amide bonds. The van der Waals surface area contributed by atoms with Crippen molar-refractivity contribution in [3.05, 3.63) is 11.8 Å². The molecular weight excluding hydrogens is 172 g/mol. The Hall–Kier alpha value is -1.65. The molecule has 1 aliphatic heterocycles. The summed E-state index contributed by atoms with van der Waals surface area (Å²) in [6.07, 6.45) is 1.47. The second-order valence-corrected chi connectivity index (χ2v) is 2.66. The van der Waals surface area contributed by atoms with Crippen molar-refractivity contribution in [2.45, 2.75) is 13.8 Å². The Kier molecular flexibility index (Phi) is 2.46. The van der Waals surface area contributed by atoms with Crippen LogP contribution in [0.1, 0.15) is 13.8 Å². The van der Waals surface area contributed by atoms with Crippen molar-refractivity contribution in [1.82, 2.24) is 10.2 Å². The van der Waals surface area contributed by atoms with Gasteiger partial charge >= 0.3 is 0 Å². The van der Waals surface area contributed by atoms with Gasteiger partial charge in [-0.25, -0.2) is 0 Å². The molecule has 5 nitrogen and oxygen atoms in total. The zero-order valence-electron chi connectivity index (χ0n) is 7.46. The highest BCUT2D eigenvalue weighted by molar-refractivity contribution is 6.10. The molecule has 0 radical (unpaired) electrons. The third kappa shape index (κ3) is 1.74. The third-order valence-corrected chi connectivity index (χ3v) is 1.72. The fraction of sp³-hybridized carbons (Fsp3) is 0.375. The zero-order valence-corrected chi connectivity index (χ0v) is 7.46. The molecule has 1 rings (SSSR count). The summed E-state index contributed by atoms with van der Waals surface area (Å²) in [5.41, 5.74) is 0.159. The minimum atomic E-state index is -0.449. The van der Waals surface area contributed by atoms with Gasteiger partial charge < -0.3 is 5.32 Å². The lowest BCUT2D eigenvalue weighted by molar-refractivity contribution is -0.147. The van der Waals surface area contributed by atoms with Crippen LogP contribution in [0.2, 0.25) is 0 Å². The summed E-state index contributed by atoms with van der Waals surface area (Å²) < 4.78 is 0. The predicted octanol–water partition coefficient (Wildman–Crippen LogP) is -0.605. The average molecular weight is 182 g/mol. The van der Waals surface area contributed by atoms with E-state index in [1.807, 2.05) is 0 Å². The maximum Gasteiger partial charge on any atom is 0.277 e. The number of hydrogen-bond acceptors (Lipinski definition) is 3.